The van der Waals surface area contributed by atoms with Crippen LogP contribution in [0.1, 0.15) is 12.0 Å². The van der Waals surface area contributed by atoms with E-state index in [2.05, 4.69) is 15.7 Å². The number of methoxy groups -OCH3 is 2. The van der Waals surface area contributed by atoms with Crippen LogP contribution in [0.3, 0.4) is 0 Å². The second kappa shape index (κ2) is 8.38. The van der Waals surface area contributed by atoms with Crippen LogP contribution in [0.4, 0.5) is 5.69 Å². The first-order chi connectivity index (χ1) is 11.1. The molecule has 0 spiro atoms. The van der Waals surface area contributed by atoms with Gasteiger partial charge >= 0.3 is 0 Å². The number of aryl methyl sites for hydroxylation is 2. The number of nitrogens with one attached hydrogen (secondary N) is 2. The predicted molar refractivity (Wildman–Crippen MR) is 95.4 cm³/mol. The number of aromatic nitrogens is 2. The van der Waals surface area contributed by atoms with Crippen molar-refractivity contribution in [1.29, 1.82) is 0 Å². The molecule has 0 radical (unpaired) electrons. The summed E-state index contributed by atoms with van der Waals surface area (Å²) < 4.78 is 12.4. The van der Waals surface area contributed by atoms with E-state index < -0.39 is 0 Å². The molecule has 0 saturated carbocycles. The molecule has 124 valence electrons. The molecule has 2 aromatic rings. The monoisotopic (exact) mass is 334 g/mol. The van der Waals surface area contributed by atoms with Gasteiger partial charge in [-0.3, -0.25) is 4.68 Å². The lowest BCUT2D eigenvalue weighted by molar-refractivity contribution is 0.355. The smallest absolute Gasteiger partial charge is 0.170 e. The van der Waals surface area contributed by atoms with Crippen LogP contribution >= 0.6 is 12.2 Å². The number of benzene rings is 1. The third kappa shape index (κ3) is 5.14. The second-order valence-electron chi connectivity index (χ2n) is 5.08. The van der Waals surface area contributed by atoms with Crippen molar-refractivity contribution in [2.24, 2.45) is 0 Å². The van der Waals surface area contributed by atoms with Gasteiger partial charge in [0.1, 0.15) is 0 Å². The average Bonchev–Trinajstić information content (AvgIpc) is 2.97. The van der Waals surface area contributed by atoms with Crippen molar-refractivity contribution in [1.82, 2.24) is 15.1 Å². The van der Waals surface area contributed by atoms with Crippen molar-refractivity contribution < 1.29 is 9.47 Å². The number of rotatable bonds is 7. The van der Waals surface area contributed by atoms with Crippen molar-refractivity contribution in [3.05, 3.63) is 36.2 Å². The maximum Gasteiger partial charge on any atom is 0.170 e. The van der Waals surface area contributed by atoms with E-state index in [4.69, 9.17) is 21.7 Å². The summed E-state index contributed by atoms with van der Waals surface area (Å²) in [6.07, 6.45) is 4.83. The molecule has 1 aromatic heterocycles. The number of hydrogen-bond donors (Lipinski definition) is 2. The number of thiocarbonyl (C=S) groups is 1. The molecule has 0 aliphatic rings. The molecule has 7 heteroatoms. The van der Waals surface area contributed by atoms with E-state index >= 15 is 0 Å². The largest absolute Gasteiger partial charge is 0.493 e. The minimum absolute atomic E-state index is 0.578. The van der Waals surface area contributed by atoms with Gasteiger partial charge in [0.25, 0.3) is 0 Å². The Morgan fingerprint density at radius 3 is 2.70 bits per heavy atom. The fourth-order valence-electron chi connectivity index (χ4n) is 2.12. The normalized spacial score (nSPS) is 10.2. The summed E-state index contributed by atoms with van der Waals surface area (Å²) in [4.78, 5) is 0. The number of hydrogen-bond acceptors (Lipinski definition) is 4. The Hall–Kier alpha value is -2.28. The first-order valence-electron chi connectivity index (χ1n) is 7.38. The zero-order valence-corrected chi connectivity index (χ0v) is 14.4. The highest BCUT2D eigenvalue weighted by atomic mass is 32.1. The summed E-state index contributed by atoms with van der Waals surface area (Å²) in [5.74, 6) is 1.35. The Morgan fingerprint density at radius 1 is 1.26 bits per heavy atom. The van der Waals surface area contributed by atoms with Crippen LogP contribution in [-0.4, -0.2) is 35.7 Å². The van der Waals surface area contributed by atoms with Gasteiger partial charge in [0.15, 0.2) is 16.6 Å². The molecule has 0 atom stereocenters. The number of nitrogens with zero attached hydrogens (tertiary/aromatic N) is 2. The Kier molecular flexibility index (Phi) is 6.22. The number of anilines is 1. The molecule has 0 amide bonds. The van der Waals surface area contributed by atoms with E-state index in [-0.39, 0.29) is 0 Å². The lowest BCUT2D eigenvalue weighted by Gasteiger charge is -2.13. The molecule has 1 aromatic carbocycles. The highest BCUT2D eigenvalue weighted by Crippen LogP contribution is 2.29. The summed E-state index contributed by atoms with van der Waals surface area (Å²) >= 11 is 5.29. The third-order valence-electron chi connectivity index (χ3n) is 3.25. The molecule has 0 fully saturated rings. The molecule has 0 aliphatic heterocycles. The molecule has 0 bridgehead atoms. The van der Waals surface area contributed by atoms with Crippen molar-refractivity contribution in [3.63, 3.8) is 0 Å². The van der Waals surface area contributed by atoms with Gasteiger partial charge in [-0.05, 0) is 43.3 Å². The first kappa shape index (κ1) is 17.1. The van der Waals surface area contributed by atoms with E-state index in [9.17, 15) is 0 Å². The molecule has 0 unspecified atom stereocenters. The fraction of sp³-hybridized carbons (Fsp3) is 0.375. The maximum absolute atomic E-state index is 5.29. The molecule has 1 heterocycles. The van der Waals surface area contributed by atoms with Crippen LogP contribution in [0.2, 0.25) is 0 Å². The summed E-state index contributed by atoms with van der Waals surface area (Å²) in [7, 11) is 3.22. The molecular formula is C16H22N4O2S. The summed E-state index contributed by atoms with van der Waals surface area (Å²) in [5, 5.41) is 11.1. The lowest BCUT2D eigenvalue weighted by Crippen LogP contribution is -2.29. The Labute approximate surface area is 141 Å². The maximum atomic E-state index is 5.29. The summed E-state index contributed by atoms with van der Waals surface area (Å²) in [5.41, 5.74) is 2.02. The quantitative estimate of drug-likeness (QED) is 0.599. The van der Waals surface area contributed by atoms with Gasteiger partial charge in [-0.25, -0.2) is 0 Å². The van der Waals surface area contributed by atoms with Gasteiger partial charge < -0.3 is 20.1 Å². The average molecular weight is 334 g/mol. The van der Waals surface area contributed by atoms with Gasteiger partial charge in [0.2, 0.25) is 0 Å². The van der Waals surface area contributed by atoms with Gasteiger partial charge in [-0.1, -0.05) is 0 Å². The SMILES string of the molecule is COc1ccc(NC(=S)NCCCn2cc(C)cn2)cc1OC. The van der Waals surface area contributed by atoms with Crippen molar-refractivity contribution in [2.75, 3.05) is 26.1 Å². The summed E-state index contributed by atoms with van der Waals surface area (Å²) in [6.45, 7) is 3.67. The van der Waals surface area contributed by atoms with Gasteiger partial charge in [-0.15, -0.1) is 0 Å². The molecule has 6 nitrogen and oxygen atoms in total. The van der Waals surface area contributed by atoms with Crippen LogP contribution in [-0.2, 0) is 6.54 Å². The van der Waals surface area contributed by atoms with E-state index in [1.807, 2.05) is 42.2 Å². The molecule has 2 N–H and O–H groups in total. The van der Waals surface area contributed by atoms with Gasteiger partial charge in [0, 0.05) is 31.0 Å². The Bertz CT molecular complexity index is 657. The highest BCUT2D eigenvalue weighted by molar-refractivity contribution is 7.80. The highest BCUT2D eigenvalue weighted by Gasteiger charge is 2.05. The zero-order valence-electron chi connectivity index (χ0n) is 13.6. The molecule has 23 heavy (non-hydrogen) atoms. The van der Waals surface area contributed by atoms with Crippen LogP contribution in [0.15, 0.2) is 30.6 Å². The molecule has 2 rings (SSSR count). The van der Waals surface area contributed by atoms with Gasteiger partial charge in [0.05, 0.1) is 20.4 Å². The van der Waals surface area contributed by atoms with E-state index in [1.54, 1.807) is 14.2 Å². The fourth-order valence-corrected chi connectivity index (χ4v) is 2.34. The Morgan fingerprint density at radius 2 is 2.04 bits per heavy atom. The first-order valence-corrected chi connectivity index (χ1v) is 7.79. The Balaban J connectivity index is 1.76. The van der Waals surface area contributed by atoms with Crippen LogP contribution < -0.4 is 20.1 Å². The van der Waals surface area contributed by atoms with Crippen molar-refractivity contribution in [2.45, 2.75) is 19.9 Å². The minimum Gasteiger partial charge on any atom is -0.493 e. The van der Waals surface area contributed by atoms with E-state index in [0.29, 0.717) is 16.6 Å². The third-order valence-corrected chi connectivity index (χ3v) is 3.50. The summed E-state index contributed by atoms with van der Waals surface area (Å²) in [6, 6.07) is 5.57. The minimum atomic E-state index is 0.578. The standard InChI is InChI=1S/C16H22N4O2S/c1-12-10-18-20(11-12)8-4-7-17-16(23)19-13-5-6-14(21-2)15(9-13)22-3/h5-6,9-11H,4,7-8H2,1-3H3,(H2,17,19,23). The van der Waals surface area contributed by atoms with Crippen LogP contribution in [0.25, 0.3) is 0 Å². The van der Waals surface area contributed by atoms with E-state index in [0.717, 1.165) is 25.2 Å². The van der Waals surface area contributed by atoms with Crippen LogP contribution in [0.5, 0.6) is 11.5 Å². The predicted octanol–water partition coefficient (Wildman–Crippen LogP) is 2.59. The molecule has 0 aliphatic carbocycles. The number of ether oxygens (including phenoxy) is 2. The van der Waals surface area contributed by atoms with Crippen LogP contribution in [0, 0.1) is 6.92 Å². The van der Waals surface area contributed by atoms with Crippen molar-refractivity contribution >= 4 is 23.0 Å². The second-order valence-corrected chi connectivity index (χ2v) is 5.49. The van der Waals surface area contributed by atoms with Crippen molar-refractivity contribution in [3.8, 4) is 11.5 Å². The van der Waals surface area contributed by atoms with Gasteiger partial charge in [-0.2, -0.15) is 5.10 Å². The molecular weight excluding hydrogens is 312 g/mol. The van der Waals surface area contributed by atoms with E-state index in [1.165, 1.54) is 5.56 Å². The lowest BCUT2D eigenvalue weighted by atomic mass is 10.3. The molecule has 0 saturated heterocycles. The topological polar surface area (TPSA) is 60.3 Å². The zero-order chi connectivity index (χ0) is 16.7.